The van der Waals surface area contributed by atoms with Crippen LogP contribution in [0, 0.1) is 19.3 Å². The highest BCUT2D eigenvalue weighted by atomic mass is 32.2. The zero-order chi connectivity index (χ0) is 19.2. The van der Waals surface area contributed by atoms with Crippen molar-refractivity contribution >= 4 is 21.6 Å². The second-order valence-corrected chi connectivity index (χ2v) is 9.78. The number of para-hydroxylation sites is 1. The maximum absolute atomic E-state index is 13.0. The Labute approximate surface area is 160 Å². The van der Waals surface area contributed by atoms with Crippen LogP contribution >= 0.6 is 0 Å². The smallest absolute Gasteiger partial charge is 0.243 e. The van der Waals surface area contributed by atoms with E-state index in [2.05, 4.69) is 0 Å². The van der Waals surface area contributed by atoms with E-state index in [0.717, 1.165) is 16.8 Å². The molecular weight excluding hydrogens is 360 g/mol. The number of benzene rings is 2. The van der Waals surface area contributed by atoms with E-state index < -0.39 is 10.0 Å². The fourth-order valence-corrected chi connectivity index (χ4v) is 5.77. The van der Waals surface area contributed by atoms with Crippen LogP contribution in [0.2, 0.25) is 0 Å². The number of anilines is 1. The molecule has 1 spiro atoms. The van der Waals surface area contributed by atoms with Crippen molar-refractivity contribution in [3.05, 3.63) is 59.7 Å². The molecule has 0 N–H and O–H groups in total. The highest BCUT2D eigenvalue weighted by molar-refractivity contribution is 7.89. The molecule has 2 aliphatic heterocycles. The number of aryl methyl sites for hydroxylation is 2. The summed E-state index contributed by atoms with van der Waals surface area (Å²) >= 11 is 0. The molecule has 2 heterocycles. The number of carbonyl (C=O) groups is 1. The second kappa shape index (κ2) is 6.46. The molecule has 0 aromatic heterocycles. The van der Waals surface area contributed by atoms with Gasteiger partial charge in [0, 0.05) is 37.2 Å². The molecule has 0 saturated carbocycles. The van der Waals surface area contributed by atoms with Gasteiger partial charge in [0.05, 0.1) is 4.90 Å². The van der Waals surface area contributed by atoms with E-state index in [-0.39, 0.29) is 11.3 Å². The normalized spacial score (nSPS) is 23.5. The average molecular weight is 385 g/mol. The van der Waals surface area contributed by atoms with Crippen molar-refractivity contribution in [3.8, 4) is 0 Å². The number of hydrogen-bond donors (Lipinski definition) is 0. The fourth-order valence-electron chi connectivity index (χ4n) is 4.21. The van der Waals surface area contributed by atoms with E-state index in [1.165, 1.54) is 0 Å². The summed E-state index contributed by atoms with van der Waals surface area (Å²) in [5, 5.41) is 0. The lowest BCUT2D eigenvalue weighted by atomic mass is 9.86. The Morgan fingerprint density at radius 1 is 0.963 bits per heavy atom. The Morgan fingerprint density at radius 2 is 1.67 bits per heavy atom. The molecule has 6 heteroatoms. The molecule has 27 heavy (non-hydrogen) atoms. The molecule has 2 aromatic rings. The fraction of sp³-hybridized carbons (Fsp3) is 0.381. The van der Waals surface area contributed by atoms with Crippen molar-refractivity contribution < 1.29 is 13.2 Å². The molecule has 142 valence electrons. The summed E-state index contributed by atoms with van der Waals surface area (Å²) in [6.07, 6.45) is 1.12. The topological polar surface area (TPSA) is 57.7 Å². The van der Waals surface area contributed by atoms with Crippen LogP contribution < -0.4 is 4.90 Å². The van der Waals surface area contributed by atoms with Crippen molar-refractivity contribution in [2.24, 2.45) is 5.41 Å². The third-order valence-corrected chi connectivity index (χ3v) is 7.65. The molecule has 1 amide bonds. The van der Waals surface area contributed by atoms with E-state index in [0.29, 0.717) is 37.4 Å². The summed E-state index contributed by atoms with van der Waals surface area (Å²) in [6, 6.07) is 14.8. The van der Waals surface area contributed by atoms with Crippen molar-refractivity contribution in [1.82, 2.24) is 4.31 Å². The molecular formula is C21H24N2O3S. The predicted molar refractivity (Wildman–Crippen MR) is 105 cm³/mol. The van der Waals surface area contributed by atoms with Gasteiger partial charge in [-0.3, -0.25) is 4.79 Å². The lowest BCUT2D eigenvalue weighted by molar-refractivity contribution is -0.117. The van der Waals surface area contributed by atoms with E-state index in [1.54, 1.807) is 16.4 Å². The van der Waals surface area contributed by atoms with Crippen LogP contribution in [0.1, 0.15) is 24.0 Å². The quantitative estimate of drug-likeness (QED) is 0.817. The lowest BCUT2D eigenvalue weighted by Gasteiger charge is -2.25. The summed E-state index contributed by atoms with van der Waals surface area (Å²) in [7, 11) is -3.52. The van der Waals surface area contributed by atoms with E-state index in [1.807, 2.05) is 55.1 Å². The molecule has 2 fully saturated rings. The third-order valence-electron chi connectivity index (χ3n) is 5.79. The first kappa shape index (κ1) is 18.2. The molecule has 2 saturated heterocycles. The Bertz CT molecular complexity index is 985. The van der Waals surface area contributed by atoms with Gasteiger partial charge in [0.25, 0.3) is 0 Å². The largest absolute Gasteiger partial charge is 0.312 e. The Balaban J connectivity index is 1.56. The summed E-state index contributed by atoms with van der Waals surface area (Å²) in [6.45, 7) is 5.38. The van der Waals surface area contributed by atoms with Gasteiger partial charge in [-0.25, -0.2) is 8.42 Å². The minimum atomic E-state index is -3.52. The minimum absolute atomic E-state index is 0.0823. The SMILES string of the molecule is Cc1ccc(S(=O)(=O)N2CC[C@]3(CC(=O)N(c4ccccc4C)C3)C2)cc1. The van der Waals surface area contributed by atoms with E-state index in [4.69, 9.17) is 0 Å². The van der Waals surface area contributed by atoms with Gasteiger partial charge in [-0.15, -0.1) is 0 Å². The number of nitrogens with zero attached hydrogens (tertiary/aromatic N) is 2. The average Bonchev–Trinajstić information content (AvgIpc) is 3.19. The molecule has 4 rings (SSSR count). The Hall–Kier alpha value is -2.18. The highest BCUT2D eigenvalue weighted by Crippen LogP contribution is 2.43. The van der Waals surface area contributed by atoms with Crippen molar-refractivity contribution in [2.45, 2.75) is 31.6 Å². The highest BCUT2D eigenvalue weighted by Gasteiger charge is 2.50. The van der Waals surface area contributed by atoms with Gasteiger partial charge < -0.3 is 4.90 Å². The van der Waals surface area contributed by atoms with Gasteiger partial charge in [0.2, 0.25) is 15.9 Å². The summed E-state index contributed by atoms with van der Waals surface area (Å²) in [5.74, 6) is 0.0823. The lowest BCUT2D eigenvalue weighted by Crippen LogP contribution is -2.34. The molecule has 1 atom stereocenters. The maximum Gasteiger partial charge on any atom is 0.243 e. The number of sulfonamides is 1. The van der Waals surface area contributed by atoms with Crippen LogP contribution in [0.4, 0.5) is 5.69 Å². The maximum atomic E-state index is 13.0. The Kier molecular flexibility index (Phi) is 4.35. The second-order valence-electron chi connectivity index (χ2n) is 7.84. The number of carbonyl (C=O) groups excluding carboxylic acids is 1. The zero-order valence-electron chi connectivity index (χ0n) is 15.7. The predicted octanol–water partition coefficient (Wildman–Crippen LogP) is 3.12. The molecule has 2 aromatic carbocycles. The van der Waals surface area contributed by atoms with Crippen LogP contribution in [0.3, 0.4) is 0 Å². The minimum Gasteiger partial charge on any atom is -0.312 e. The van der Waals surface area contributed by atoms with Crippen LogP contribution in [-0.4, -0.2) is 38.3 Å². The molecule has 0 bridgehead atoms. The zero-order valence-corrected chi connectivity index (χ0v) is 16.5. The molecule has 0 radical (unpaired) electrons. The van der Waals surface area contributed by atoms with Crippen molar-refractivity contribution in [1.29, 1.82) is 0 Å². The first-order valence-electron chi connectivity index (χ1n) is 9.24. The first-order valence-corrected chi connectivity index (χ1v) is 10.7. The number of hydrogen-bond acceptors (Lipinski definition) is 3. The molecule has 5 nitrogen and oxygen atoms in total. The van der Waals surface area contributed by atoms with Gasteiger partial charge in [0.1, 0.15) is 0 Å². The molecule has 0 aliphatic carbocycles. The van der Waals surface area contributed by atoms with Gasteiger partial charge >= 0.3 is 0 Å². The summed E-state index contributed by atoms with van der Waals surface area (Å²) < 4.78 is 27.5. The van der Waals surface area contributed by atoms with Crippen LogP contribution in [-0.2, 0) is 14.8 Å². The monoisotopic (exact) mass is 384 g/mol. The van der Waals surface area contributed by atoms with Crippen molar-refractivity contribution in [3.63, 3.8) is 0 Å². The standard InChI is InChI=1S/C21H24N2O3S/c1-16-7-9-18(10-8-16)27(25,26)22-12-11-21(14-22)13-20(24)23(15-21)19-6-4-3-5-17(19)2/h3-10H,11-15H2,1-2H3/t21-/m0/s1. The Morgan fingerprint density at radius 3 is 2.37 bits per heavy atom. The summed E-state index contributed by atoms with van der Waals surface area (Å²) in [5.41, 5.74) is 2.73. The third kappa shape index (κ3) is 3.17. The van der Waals surface area contributed by atoms with Gasteiger partial charge in [-0.05, 0) is 44.0 Å². The van der Waals surface area contributed by atoms with Crippen LogP contribution in [0.25, 0.3) is 0 Å². The van der Waals surface area contributed by atoms with Crippen LogP contribution in [0.15, 0.2) is 53.4 Å². The van der Waals surface area contributed by atoms with Gasteiger partial charge in [-0.1, -0.05) is 35.9 Å². The number of amides is 1. The number of rotatable bonds is 3. The first-order chi connectivity index (χ1) is 12.8. The molecule has 2 aliphatic rings. The van der Waals surface area contributed by atoms with E-state index >= 15 is 0 Å². The van der Waals surface area contributed by atoms with E-state index in [9.17, 15) is 13.2 Å². The summed E-state index contributed by atoms with van der Waals surface area (Å²) in [4.78, 5) is 14.9. The van der Waals surface area contributed by atoms with Crippen LogP contribution in [0.5, 0.6) is 0 Å². The van der Waals surface area contributed by atoms with Crippen molar-refractivity contribution in [2.75, 3.05) is 24.5 Å². The van der Waals surface area contributed by atoms with Gasteiger partial charge in [-0.2, -0.15) is 4.31 Å². The van der Waals surface area contributed by atoms with Gasteiger partial charge in [0.15, 0.2) is 0 Å². The molecule has 0 unspecified atom stereocenters.